The lowest BCUT2D eigenvalue weighted by Crippen LogP contribution is -2.55. The molecule has 0 amide bonds. The highest BCUT2D eigenvalue weighted by Crippen LogP contribution is 2.22. The summed E-state index contributed by atoms with van der Waals surface area (Å²) < 4.78 is 5.21. The van der Waals surface area contributed by atoms with Crippen LogP contribution in [0.1, 0.15) is 25.8 Å². The molecule has 1 aromatic rings. The Bertz CT molecular complexity index is 381. The third-order valence-electron chi connectivity index (χ3n) is 3.64. The zero-order valence-electron chi connectivity index (χ0n) is 11.6. The summed E-state index contributed by atoms with van der Waals surface area (Å²) >= 11 is 0. The van der Waals surface area contributed by atoms with E-state index in [4.69, 9.17) is 4.74 Å². The fraction of sp³-hybridized carbons (Fsp3) is 0.600. The van der Waals surface area contributed by atoms with E-state index < -0.39 is 0 Å². The molecule has 3 heteroatoms. The molecule has 100 valence electrons. The van der Waals surface area contributed by atoms with Gasteiger partial charge in [-0.15, -0.1) is 0 Å². The molecule has 0 bridgehead atoms. The Morgan fingerprint density at radius 3 is 3.00 bits per heavy atom. The molecule has 1 aliphatic rings. The minimum Gasteiger partial charge on any atom is -0.380 e. The predicted molar refractivity (Wildman–Crippen MR) is 76.0 cm³/mol. The van der Waals surface area contributed by atoms with Crippen molar-refractivity contribution in [2.45, 2.75) is 39.0 Å². The van der Waals surface area contributed by atoms with Gasteiger partial charge in [-0.05, 0) is 31.0 Å². The quantitative estimate of drug-likeness (QED) is 0.885. The summed E-state index contributed by atoms with van der Waals surface area (Å²) in [6, 6.07) is 9.87. The molecule has 1 saturated heterocycles. The van der Waals surface area contributed by atoms with Crippen LogP contribution in [0.5, 0.6) is 0 Å². The van der Waals surface area contributed by atoms with Crippen LogP contribution >= 0.6 is 0 Å². The van der Waals surface area contributed by atoms with Crippen LogP contribution in [-0.4, -0.2) is 32.3 Å². The van der Waals surface area contributed by atoms with Crippen LogP contribution in [0.3, 0.4) is 0 Å². The standard InChI is InChI=1S/C15H24N2O/c1-4-14-9-16-12(2)10-17(14)15-7-5-6-13(8-15)11-18-3/h5-8,12,14,16H,4,9-11H2,1-3H3. The molecule has 0 aromatic heterocycles. The zero-order chi connectivity index (χ0) is 13.0. The Morgan fingerprint density at radius 2 is 2.28 bits per heavy atom. The molecular weight excluding hydrogens is 224 g/mol. The Morgan fingerprint density at radius 1 is 1.44 bits per heavy atom. The minimum absolute atomic E-state index is 0.555. The Hall–Kier alpha value is -1.06. The van der Waals surface area contributed by atoms with E-state index in [2.05, 4.69) is 48.3 Å². The van der Waals surface area contributed by atoms with Gasteiger partial charge in [-0.25, -0.2) is 0 Å². The van der Waals surface area contributed by atoms with Crippen LogP contribution in [0.2, 0.25) is 0 Å². The highest BCUT2D eigenvalue weighted by atomic mass is 16.5. The minimum atomic E-state index is 0.555. The average molecular weight is 248 g/mol. The van der Waals surface area contributed by atoms with E-state index in [-0.39, 0.29) is 0 Å². The Labute approximate surface area is 110 Å². The van der Waals surface area contributed by atoms with Gasteiger partial charge < -0.3 is 15.0 Å². The van der Waals surface area contributed by atoms with Crippen molar-refractivity contribution in [2.24, 2.45) is 0 Å². The first-order valence-corrected chi connectivity index (χ1v) is 6.82. The number of rotatable bonds is 4. The van der Waals surface area contributed by atoms with Gasteiger partial charge in [0.1, 0.15) is 0 Å². The third-order valence-corrected chi connectivity index (χ3v) is 3.64. The molecule has 1 N–H and O–H groups in total. The molecular formula is C15H24N2O. The highest BCUT2D eigenvalue weighted by Gasteiger charge is 2.24. The van der Waals surface area contributed by atoms with Crippen molar-refractivity contribution in [3.8, 4) is 0 Å². The molecule has 1 heterocycles. The molecule has 3 nitrogen and oxygen atoms in total. The fourth-order valence-corrected chi connectivity index (χ4v) is 2.63. The molecule has 0 aliphatic carbocycles. The second kappa shape index (κ2) is 6.21. The van der Waals surface area contributed by atoms with Crippen molar-refractivity contribution >= 4 is 5.69 Å². The second-order valence-corrected chi connectivity index (χ2v) is 5.13. The maximum atomic E-state index is 5.21. The predicted octanol–water partition coefficient (Wildman–Crippen LogP) is 2.41. The zero-order valence-corrected chi connectivity index (χ0v) is 11.6. The summed E-state index contributed by atoms with van der Waals surface area (Å²) in [7, 11) is 1.74. The molecule has 0 saturated carbocycles. The molecule has 2 unspecified atom stereocenters. The van der Waals surface area contributed by atoms with Gasteiger partial charge in [0.15, 0.2) is 0 Å². The lowest BCUT2D eigenvalue weighted by atomic mass is 10.1. The molecule has 18 heavy (non-hydrogen) atoms. The summed E-state index contributed by atoms with van der Waals surface area (Å²) in [4.78, 5) is 2.53. The molecule has 1 aromatic carbocycles. The number of nitrogens with one attached hydrogen (secondary N) is 1. The SMILES string of the molecule is CCC1CNC(C)CN1c1cccc(COC)c1. The topological polar surface area (TPSA) is 24.5 Å². The summed E-state index contributed by atoms with van der Waals surface area (Å²) in [6.45, 7) is 7.35. The molecule has 1 aliphatic heterocycles. The first-order valence-electron chi connectivity index (χ1n) is 6.82. The lowest BCUT2D eigenvalue weighted by Gasteiger charge is -2.40. The van der Waals surface area contributed by atoms with E-state index >= 15 is 0 Å². The van der Waals surface area contributed by atoms with Crippen molar-refractivity contribution in [3.05, 3.63) is 29.8 Å². The molecule has 2 atom stereocenters. The van der Waals surface area contributed by atoms with Gasteiger partial charge in [-0.3, -0.25) is 0 Å². The molecule has 2 rings (SSSR count). The van der Waals surface area contributed by atoms with E-state index in [1.54, 1.807) is 7.11 Å². The van der Waals surface area contributed by atoms with Crippen molar-refractivity contribution < 1.29 is 4.74 Å². The van der Waals surface area contributed by atoms with Gasteiger partial charge >= 0.3 is 0 Å². The molecule has 0 radical (unpaired) electrons. The fourth-order valence-electron chi connectivity index (χ4n) is 2.63. The van der Waals surface area contributed by atoms with Gasteiger partial charge in [0.05, 0.1) is 6.61 Å². The first kappa shape index (κ1) is 13.4. The van der Waals surface area contributed by atoms with E-state index in [1.165, 1.54) is 17.7 Å². The Kier molecular flexibility index (Phi) is 4.61. The van der Waals surface area contributed by atoms with Crippen LogP contribution in [0.25, 0.3) is 0 Å². The monoisotopic (exact) mass is 248 g/mol. The van der Waals surface area contributed by atoms with Crippen LogP contribution in [0.4, 0.5) is 5.69 Å². The summed E-state index contributed by atoms with van der Waals surface area (Å²) in [5.74, 6) is 0. The van der Waals surface area contributed by atoms with Crippen LogP contribution < -0.4 is 10.2 Å². The third kappa shape index (κ3) is 3.03. The number of benzene rings is 1. The van der Waals surface area contributed by atoms with Crippen molar-refractivity contribution in [3.63, 3.8) is 0 Å². The number of piperazine rings is 1. The van der Waals surface area contributed by atoms with Gasteiger partial charge in [-0.1, -0.05) is 19.1 Å². The summed E-state index contributed by atoms with van der Waals surface area (Å²) in [5.41, 5.74) is 2.57. The van der Waals surface area contributed by atoms with Crippen molar-refractivity contribution in [1.82, 2.24) is 5.32 Å². The van der Waals surface area contributed by atoms with Crippen LogP contribution in [0, 0.1) is 0 Å². The van der Waals surface area contributed by atoms with Gasteiger partial charge in [0.2, 0.25) is 0 Å². The smallest absolute Gasteiger partial charge is 0.0713 e. The lowest BCUT2D eigenvalue weighted by molar-refractivity contribution is 0.185. The van der Waals surface area contributed by atoms with E-state index in [0.29, 0.717) is 18.7 Å². The van der Waals surface area contributed by atoms with Crippen molar-refractivity contribution in [1.29, 1.82) is 0 Å². The Balaban J connectivity index is 2.19. The largest absolute Gasteiger partial charge is 0.380 e. The van der Waals surface area contributed by atoms with Gasteiger partial charge in [0, 0.05) is 38.0 Å². The number of anilines is 1. The van der Waals surface area contributed by atoms with E-state index in [9.17, 15) is 0 Å². The number of methoxy groups -OCH3 is 1. The summed E-state index contributed by atoms with van der Waals surface area (Å²) in [6.07, 6.45) is 1.17. The second-order valence-electron chi connectivity index (χ2n) is 5.13. The number of hydrogen-bond donors (Lipinski definition) is 1. The van der Waals surface area contributed by atoms with Crippen molar-refractivity contribution in [2.75, 3.05) is 25.1 Å². The first-order chi connectivity index (χ1) is 8.74. The number of ether oxygens (including phenoxy) is 1. The number of hydrogen-bond acceptors (Lipinski definition) is 3. The van der Waals surface area contributed by atoms with Gasteiger partial charge in [0.25, 0.3) is 0 Å². The molecule has 0 spiro atoms. The van der Waals surface area contributed by atoms with Gasteiger partial charge in [-0.2, -0.15) is 0 Å². The van der Waals surface area contributed by atoms with E-state index in [0.717, 1.165) is 13.1 Å². The summed E-state index contributed by atoms with van der Waals surface area (Å²) in [5, 5.41) is 3.56. The average Bonchev–Trinajstić information content (AvgIpc) is 2.39. The molecule has 1 fully saturated rings. The van der Waals surface area contributed by atoms with Crippen LogP contribution in [0.15, 0.2) is 24.3 Å². The highest BCUT2D eigenvalue weighted by molar-refractivity contribution is 5.50. The maximum Gasteiger partial charge on any atom is 0.0713 e. The van der Waals surface area contributed by atoms with Crippen LogP contribution in [-0.2, 0) is 11.3 Å². The normalized spacial score (nSPS) is 24.3. The van der Waals surface area contributed by atoms with E-state index in [1.807, 2.05) is 0 Å². The number of nitrogens with zero attached hydrogens (tertiary/aromatic N) is 1. The maximum absolute atomic E-state index is 5.21.